The Morgan fingerprint density at radius 2 is 2.00 bits per heavy atom. The molecule has 0 radical (unpaired) electrons. The van der Waals surface area contributed by atoms with Crippen molar-refractivity contribution in [1.82, 2.24) is 14.9 Å². The quantitative estimate of drug-likeness (QED) is 0.638. The lowest BCUT2D eigenvalue weighted by atomic mass is 10.0. The number of carbonyl (C=O) groups excluding carboxylic acids is 1. The molecule has 0 spiro atoms. The second-order valence-electron chi connectivity index (χ2n) is 7.84. The maximum atomic E-state index is 11.7. The van der Waals surface area contributed by atoms with Gasteiger partial charge in [0.15, 0.2) is 0 Å². The number of piperazine rings is 1. The number of aromatic nitrogens is 2. The fourth-order valence-corrected chi connectivity index (χ4v) is 4.59. The average Bonchev–Trinajstić information content (AvgIpc) is 3.23. The Labute approximate surface area is 186 Å². The summed E-state index contributed by atoms with van der Waals surface area (Å²) in [6, 6.07) is 7.81. The van der Waals surface area contributed by atoms with Crippen molar-refractivity contribution in [3.8, 4) is 17.0 Å². The van der Waals surface area contributed by atoms with Crippen LogP contribution in [0.25, 0.3) is 11.3 Å². The first kappa shape index (κ1) is 21.3. The molecule has 0 atom stereocenters. The highest BCUT2D eigenvalue weighted by Gasteiger charge is 2.16. The fourth-order valence-electron chi connectivity index (χ4n) is 3.77. The molecule has 3 aromatic rings. The van der Waals surface area contributed by atoms with Gasteiger partial charge in [0.05, 0.1) is 17.8 Å². The molecule has 31 heavy (non-hydrogen) atoms. The van der Waals surface area contributed by atoms with E-state index >= 15 is 0 Å². The third kappa shape index (κ3) is 4.70. The topological polar surface area (TPSA) is 84.6 Å². The number of benzene rings is 1. The van der Waals surface area contributed by atoms with Crippen LogP contribution in [-0.4, -0.2) is 61.1 Å². The minimum absolute atomic E-state index is 0.437. The molecule has 7 nitrogen and oxygen atoms in total. The van der Waals surface area contributed by atoms with Crippen molar-refractivity contribution in [2.45, 2.75) is 13.3 Å². The number of nitrogens with zero attached hydrogens (tertiary/aromatic N) is 4. The van der Waals surface area contributed by atoms with Crippen LogP contribution in [-0.2, 0) is 6.42 Å². The molecule has 3 heterocycles. The normalized spacial score (nSPS) is 14.6. The number of hydrogen-bond acceptors (Lipinski definition) is 7. The number of thiazole rings is 1. The molecule has 0 unspecified atom stereocenters. The van der Waals surface area contributed by atoms with Gasteiger partial charge in [-0.05, 0) is 43.8 Å². The van der Waals surface area contributed by atoms with E-state index in [1.54, 1.807) is 18.4 Å². The number of hydrogen-bond donors (Lipinski definition) is 1. The van der Waals surface area contributed by atoms with E-state index in [0.29, 0.717) is 12.0 Å². The minimum atomic E-state index is -0.437. The number of rotatable bonds is 6. The van der Waals surface area contributed by atoms with E-state index in [2.05, 4.69) is 34.0 Å². The van der Waals surface area contributed by atoms with E-state index in [4.69, 9.17) is 15.5 Å². The smallest absolute Gasteiger partial charge is 0.248 e. The highest BCUT2D eigenvalue weighted by molar-refractivity contribution is 7.10. The SMILES string of the molecule is COc1cc(C)c(C(N)=O)cc1Cc1nc(-c2ccc(N3CCN(C)CC3)nc2)cs1. The third-order valence-electron chi connectivity index (χ3n) is 5.66. The van der Waals surface area contributed by atoms with Gasteiger partial charge < -0.3 is 20.3 Å². The van der Waals surface area contributed by atoms with Gasteiger partial charge in [0, 0.05) is 60.9 Å². The van der Waals surface area contributed by atoms with Crippen LogP contribution in [0.15, 0.2) is 35.8 Å². The Balaban J connectivity index is 1.51. The Bertz CT molecular complexity index is 1070. The standard InChI is InChI=1S/C23H27N5O2S/c1-15-10-20(30-3)17(11-18(15)23(24)29)12-22-26-19(14-31-22)16-4-5-21(25-13-16)28-8-6-27(2)7-9-28/h4-5,10-11,13-14H,6-9,12H2,1-3H3,(H2,24,29). The highest BCUT2D eigenvalue weighted by atomic mass is 32.1. The molecule has 0 aliphatic carbocycles. The average molecular weight is 438 g/mol. The second-order valence-corrected chi connectivity index (χ2v) is 8.78. The van der Waals surface area contributed by atoms with Crippen molar-refractivity contribution < 1.29 is 9.53 Å². The van der Waals surface area contributed by atoms with Crippen LogP contribution in [0, 0.1) is 6.92 Å². The van der Waals surface area contributed by atoms with E-state index < -0.39 is 5.91 Å². The largest absolute Gasteiger partial charge is 0.496 e. The number of aryl methyl sites for hydroxylation is 1. The number of nitrogens with two attached hydrogens (primary N) is 1. The molecular formula is C23H27N5O2S. The number of pyridine rings is 1. The van der Waals surface area contributed by atoms with Crippen molar-refractivity contribution in [2.75, 3.05) is 45.2 Å². The van der Waals surface area contributed by atoms with Crippen LogP contribution in [0.4, 0.5) is 5.82 Å². The molecule has 2 N–H and O–H groups in total. The van der Waals surface area contributed by atoms with Gasteiger partial charge in [0.2, 0.25) is 5.91 Å². The monoisotopic (exact) mass is 437 g/mol. The molecule has 1 amide bonds. The van der Waals surface area contributed by atoms with Crippen LogP contribution < -0.4 is 15.4 Å². The molecular weight excluding hydrogens is 410 g/mol. The molecule has 0 saturated carbocycles. The van der Waals surface area contributed by atoms with E-state index in [0.717, 1.165) is 65.1 Å². The van der Waals surface area contributed by atoms with Gasteiger partial charge in [-0.25, -0.2) is 9.97 Å². The number of carbonyl (C=O) groups is 1. The third-order valence-corrected chi connectivity index (χ3v) is 6.51. The van der Waals surface area contributed by atoms with Crippen molar-refractivity contribution in [2.24, 2.45) is 5.73 Å². The van der Waals surface area contributed by atoms with Gasteiger partial charge in [0.1, 0.15) is 11.6 Å². The van der Waals surface area contributed by atoms with E-state index in [1.165, 1.54) is 0 Å². The molecule has 1 fully saturated rings. The summed E-state index contributed by atoms with van der Waals surface area (Å²) in [4.78, 5) is 25.8. The number of anilines is 1. The van der Waals surface area contributed by atoms with Gasteiger partial charge in [-0.1, -0.05) is 0 Å². The van der Waals surface area contributed by atoms with Crippen molar-refractivity contribution in [3.05, 3.63) is 57.5 Å². The summed E-state index contributed by atoms with van der Waals surface area (Å²) in [5, 5.41) is 2.98. The summed E-state index contributed by atoms with van der Waals surface area (Å²) in [7, 11) is 3.78. The maximum absolute atomic E-state index is 11.7. The van der Waals surface area contributed by atoms with Gasteiger partial charge >= 0.3 is 0 Å². The van der Waals surface area contributed by atoms with Crippen LogP contribution in [0.3, 0.4) is 0 Å². The molecule has 4 rings (SSSR count). The number of methoxy groups -OCH3 is 1. The molecule has 2 aromatic heterocycles. The van der Waals surface area contributed by atoms with E-state index in [1.807, 2.05) is 30.6 Å². The Morgan fingerprint density at radius 1 is 1.23 bits per heavy atom. The highest BCUT2D eigenvalue weighted by Crippen LogP contribution is 2.29. The van der Waals surface area contributed by atoms with Gasteiger partial charge in [0.25, 0.3) is 0 Å². The molecule has 1 saturated heterocycles. The molecule has 0 bridgehead atoms. The summed E-state index contributed by atoms with van der Waals surface area (Å²) in [5.41, 5.74) is 9.62. The summed E-state index contributed by atoms with van der Waals surface area (Å²) in [6.07, 6.45) is 2.46. The van der Waals surface area contributed by atoms with Crippen molar-refractivity contribution in [1.29, 1.82) is 0 Å². The fraction of sp³-hybridized carbons (Fsp3) is 0.348. The van der Waals surface area contributed by atoms with Crippen LogP contribution in [0.5, 0.6) is 5.75 Å². The summed E-state index contributed by atoms with van der Waals surface area (Å²) >= 11 is 1.58. The zero-order valence-electron chi connectivity index (χ0n) is 18.1. The number of ether oxygens (including phenoxy) is 1. The molecule has 1 aromatic carbocycles. The number of amides is 1. The predicted octanol–water partition coefficient (Wildman–Crippen LogP) is 2.96. The van der Waals surface area contributed by atoms with Crippen LogP contribution in [0.1, 0.15) is 26.5 Å². The first-order valence-corrected chi connectivity index (χ1v) is 11.1. The first-order chi connectivity index (χ1) is 14.9. The Hall–Kier alpha value is -2.97. The molecule has 162 valence electrons. The zero-order valence-corrected chi connectivity index (χ0v) is 18.9. The summed E-state index contributed by atoms with van der Waals surface area (Å²) in [5.74, 6) is 1.31. The van der Waals surface area contributed by atoms with Crippen molar-refractivity contribution in [3.63, 3.8) is 0 Å². The second kappa shape index (κ2) is 9.03. The number of primary amides is 1. The lowest BCUT2D eigenvalue weighted by molar-refractivity contribution is 0.0999. The van der Waals surface area contributed by atoms with Crippen molar-refractivity contribution >= 4 is 23.1 Å². The molecule has 8 heteroatoms. The Kier molecular flexibility index (Phi) is 6.20. The van der Waals surface area contributed by atoms with Crippen LogP contribution in [0.2, 0.25) is 0 Å². The summed E-state index contributed by atoms with van der Waals surface area (Å²) in [6.45, 7) is 5.95. The number of likely N-dealkylation sites (N-methyl/N-ethyl adjacent to an activating group) is 1. The first-order valence-electron chi connectivity index (χ1n) is 10.3. The van der Waals surface area contributed by atoms with Gasteiger partial charge in [-0.15, -0.1) is 11.3 Å². The van der Waals surface area contributed by atoms with E-state index in [9.17, 15) is 4.79 Å². The van der Waals surface area contributed by atoms with Gasteiger partial charge in [-0.3, -0.25) is 4.79 Å². The maximum Gasteiger partial charge on any atom is 0.248 e. The zero-order chi connectivity index (χ0) is 22.0. The van der Waals surface area contributed by atoms with Gasteiger partial charge in [-0.2, -0.15) is 0 Å². The Morgan fingerprint density at radius 3 is 2.65 bits per heavy atom. The lowest BCUT2D eigenvalue weighted by Crippen LogP contribution is -2.44. The lowest BCUT2D eigenvalue weighted by Gasteiger charge is -2.33. The molecule has 1 aliphatic rings. The molecule has 1 aliphatic heterocycles. The van der Waals surface area contributed by atoms with E-state index in [-0.39, 0.29) is 0 Å². The minimum Gasteiger partial charge on any atom is -0.496 e. The summed E-state index contributed by atoms with van der Waals surface area (Å²) < 4.78 is 5.51. The van der Waals surface area contributed by atoms with Crippen LogP contribution >= 0.6 is 11.3 Å². The predicted molar refractivity (Wildman–Crippen MR) is 124 cm³/mol.